The van der Waals surface area contributed by atoms with E-state index in [0.29, 0.717) is 21.4 Å². The van der Waals surface area contributed by atoms with Gasteiger partial charge >= 0.3 is 0 Å². The van der Waals surface area contributed by atoms with Crippen molar-refractivity contribution in [2.24, 2.45) is 5.92 Å². The molecule has 0 saturated carbocycles. The van der Waals surface area contributed by atoms with E-state index in [1.54, 1.807) is 13.0 Å². The first-order valence-corrected chi connectivity index (χ1v) is 17.1. The van der Waals surface area contributed by atoms with Crippen LogP contribution in [0.1, 0.15) is 19.4 Å². The SMILES string of the molecule is C[C@H](CO)N1C[C@H](C)[C@H](CN(C)S(=O)(=O)c2ccc(Cl)cc2)Oc2ccc(NS(=O)(=O)c3ccc(Cl)cc3)cc2CC1=O. The van der Waals surface area contributed by atoms with Crippen molar-refractivity contribution >= 4 is 54.8 Å². The highest BCUT2D eigenvalue weighted by Gasteiger charge is 2.33. The Balaban J connectivity index is 1.68. The van der Waals surface area contributed by atoms with Crippen LogP contribution in [0.25, 0.3) is 0 Å². The number of nitrogens with zero attached hydrogens (tertiary/aromatic N) is 2. The minimum absolute atomic E-state index is 0.00883. The first-order chi connectivity index (χ1) is 20.2. The number of likely N-dealkylation sites (N-methyl/N-ethyl adjacent to an activating group) is 1. The molecule has 0 spiro atoms. The van der Waals surface area contributed by atoms with Gasteiger partial charge in [-0.2, -0.15) is 4.31 Å². The van der Waals surface area contributed by atoms with E-state index in [2.05, 4.69) is 4.72 Å². The molecule has 1 heterocycles. The van der Waals surface area contributed by atoms with E-state index < -0.39 is 32.2 Å². The van der Waals surface area contributed by atoms with Crippen LogP contribution in [0.2, 0.25) is 10.0 Å². The molecule has 10 nitrogen and oxygen atoms in total. The Morgan fingerprint density at radius 3 is 2.16 bits per heavy atom. The number of ether oxygens (including phenoxy) is 1. The number of rotatable bonds is 9. The van der Waals surface area contributed by atoms with E-state index in [1.165, 1.54) is 76.9 Å². The quantitative estimate of drug-likeness (QED) is 0.348. The summed E-state index contributed by atoms with van der Waals surface area (Å²) < 4.78 is 62.7. The molecule has 1 aliphatic rings. The third kappa shape index (κ3) is 7.81. The molecule has 3 atom stereocenters. The average molecular weight is 671 g/mol. The highest BCUT2D eigenvalue weighted by atomic mass is 35.5. The van der Waals surface area contributed by atoms with Crippen LogP contribution in [0.4, 0.5) is 5.69 Å². The van der Waals surface area contributed by atoms with Crippen molar-refractivity contribution in [1.82, 2.24) is 9.21 Å². The van der Waals surface area contributed by atoms with E-state index in [4.69, 9.17) is 27.9 Å². The Morgan fingerprint density at radius 2 is 1.58 bits per heavy atom. The van der Waals surface area contributed by atoms with Gasteiger partial charge in [-0.3, -0.25) is 9.52 Å². The number of anilines is 1. The van der Waals surface area contributed by atoms with Crippen molar-refractivity contribution in [2.75, 3.05) is 31.5 Å². The number of carbonyl (C=O) groups is 1. The van der Waals surface area contributed by atoms with Crippen LogP contribution in [-0.4, -0.2) is 75.9 Å². The molecule has 232 valence electrons. The maximum atomic E-state index is 13.5. The second-order valence-corrected chi connectivity index (χ2v) is 15.1. The molecule has 0 aromatic heterocycles. The highest BCUT2D eigenvalue weighted by molar-refractivity contribution is 7.92. The smallest absolute Gasteiger partial charge is 0.261 e. The minimum atomic E-state index is -3.96. The number of hydrogen-bond acceptors (Lipinski definition) is 7. The van der Waals surface area contributed by atoms with Crippen LogP contribution in [0.3, 0.4) is 0 Å². The fourth-order valence-corrected chi connectivity index (χ4v) is 7.16. The van der Waals surface area contributed by atoms with E-state index in [0.717, 1.165) is 0 Å². The maximum Gasteiger partial charge on any atom is 0.261 e. The zero-order chi connectivity index (χ0) is 31.5. The fourth-order valence-electron chi connectivity index (χ4n) is 4.68. The van der Waals surface area contributed by atoms with Gasteiger partial charge in [-0.25, -0.2) is 16.8 Å². The van der Waals surface area contributed by atoms with Crippen molar-refractivity contribution in [2.45, 2.75) is 42.2 Å². The summed E-state index contributed by atoms with van der Waals surface area (Å²) in [5.74, 6) is -0.330. The van der Waals surface area contributed by atoms with Gasteiger partial charge in [0.15, 0.2) is 0 Å². The standard InChI is InChI=1S/C29H33Cl2N3O7S2/c1-19-16-34(20(2)18-35)29(36)15-21-14-24(32-42(37,38)25-9-4-22(30)5-10-25)8-13-27(21)41-28(19)17-33(3)43(39,40)26-11-6-23(31)7-12-26/h4-14,19-20,28,32,35H,15-18H2,1-3H3/t19-,20+,28-/m0/s1. The van der Waals surface area contributed by atoms with Crippen molar-refractivity contribution in [3.8, 4) is 5.75 Å². The van der Waals surface area contributed by atoms with Gasteiger partial charge in [0.2, 0.25) is 15.9 Å². The van der Waals surface area contributed by atoms with E-state index >= 15 is 0 Å². The number of hydrogen-bond donors (Lipinski definition) is 2. The lowest BCUT2D eigenvalue weighted by Crippen LogP contribution is -2.48. The lowest BCUT2D eigenvalue weighted by molar-refractivity contribution is -0.134. The molecule has 2 N–H and O–H groups in total. The Labute approximate surface area is 262 Å². The van der Waals surface area contributed by atoms with Crippen LogP contribution < -0.4 is 9.46 Å². The van der Waals surface area contributed by atoms with Gasteiger partial charge in [0.25, 0.3) is 10.0 Å². The van der Waals surface area contributed by atoms with Gasteiger partial charge in [0.1, 0.15) is 11.9 Å². The lowest BCUT2D eigenvalue weighted by atomic mass is 10.0. The zero-order valence-electron chi connectivity index (χ0n) is 23.8. The number of aliphatic hydroxyl groups is 1. The van der Waals surface area contributed by atoms with Gasteiger partial charge in [0, 0.05) is 40.8 Å². The van der Waals surface area contributed by atoms with Crippen molar-refractivity contribution in [1.29, 1.82) is 0 Å². The molecular weight excluding hydrogens is 637 g/mol. The number of sulfonamides is 2. The summed E-state index contributed by atoms with van der Waals surface area (Å²) >= 11 is 11.8. The van der Waals surface area contributed by atoms with Crippen molar-refractivity contribution in [3.05, 3.63) is 82.3 Å². The highest BCUT2D eigenvalue weighted by Crippen LogP contribution is 2.31. The molecule has 0 aliphatic carbocycles. The van der Waals surface area contributed by atoms with Gasteiger partial charge in [-0.15, -0.1) is 0 Å². The van der Waals surface area contributed by atoms with E-state index in [9.17, 15) is 26.7 Å². The maximum absolute atomic E-state index is 13.5. The molecule has 0 bridgehead atoms. The van der Waals surface area contributed by atoms with Gasteiger partial charge in [0.05, 0.1) is 35.4 Å². The second-order valence-electron chi connectivity index (χ2n) is 10.5. The summed E-state index contributed by atoms with van der Waals surface area (Å²) in [7, 11) is -6.41. The number of nitrogens with one attached hydrogen (secondary N) is 1. The number of amides is 1. The van der Waals surface area contributed by atoms with Crippen LogP contribution in [0, 0.1) is 5.92 Å². The third-order valence-electron chi connectivity index (χ3n) is 7.25. The molecule has 0 fully saturated rings. The van der Waals surface area contributed by atoms with Gasteiger partial charge < -0.3 is 14.7 Å². The van der Waals surface area contributed by atoms with Crippen LogP contribution in [-0.2, 0) is 31.3 Å². The summed E-state index contributed by atoms with van der Waals surface area (Å²) in [6.07, 6.45) is -0.837. The normalized spacial score (nSPS) is 18.7. The predicted octanol–water partition coefficient (Wildman–Crippen LogP) is 4.26. The van der Waals surface area contributed by atoms with Crippen LogP contribution in [0.15, 0.2) is 76.5 Å². The summed E-state index contributed by atoms with van der Waals surface area (Å²) in [6.45, 7) is 3.43. The van der Waals surface area contributed by atoms with Crippen LogP contribution >= 0.6 is 23.2 Å². The Morgan fingerprint density at radius 1 is 1.00 bits per heavy atom. The largest absolute Gasteiger partial charge is 0.488 e. The first-order valence-electron chi connectivity index (χ1n) is 13.4. The topological polar surface area (TPSA) is 133 Å². The van der Waals surface area contributed by atoms with Crippen molar-refractivity contribution in [3.63, 3.8) is 0 Å². The molecule has 0 saturated heterocycles. The molecule has 1 aliphatic heterocycles. The van der Waals surface area contributed by atoms with E-state index in [1.807, 2.05) is 6.92 Å². The molecule has 43 heavy (non-hydrogen) atoms. The predicted molar refractivity (Wildman–Crippen MR) is 166 cm³/mol. The summed E-state index contributed by atoms with van der Waals surface area (Å²) in [5.41, 5.74) is 0.608. The van der Waals surface area contributed by atoms with Crippen LogP contribution in [0.5, 0.6) is 5.75 Å². The zero-order valence-corrected chi connectivity index (χ0v) is 26.9. The first kappa shape index (κ1) is 33.0. The van der Waals surface area contributed by atoms with E-state index in [-0.39, 0.29) is 53.4 Å². The molecule has 4 rings (SSSR count). The molecule has 3 aromatic carbocycles. The number of benzene rings is 3. The number of halogens is 2. The average Bonchev–Trinajstić information content (AvgIpc) is 3.00. The molecular formula is C29H33Cl2N3O7S2. The molecule has 14 heteroatoms. The number of aliphatic hydroxyl groups excluding tert-OH is 1. The lowest BCUT2D eigenvalue weighted by Gasteiger charge is -2.33. The summed E-state index contributed by atoms with van der Waals surface area (Å²) in [5, 5.41) is 10.7. The summed E-state index contributed by atoms with van der Waals surface area (Å²) in [6, 6.07) is 15.6. The molecule has 1 amide bonds. The monoisotopic (exact) mass is 669 g/mol. The third-order valence-corrected chi connectivity index (χ3v) is 11.0. The van der Waals surface area contributed by atoms with Gasteiger partial charge in [-0.1, -0.05) is 30.1 Å². The fraction of sp³-hybridized carbons (Fsp3) is 0.345. The number of carbonyl (C=O) groups excluding carboxylic acids is 1. The van der Waals surface area contributed by atoms with Crippen molar-refractivity contribution < 1.29 is 31.5 Å². The van der Waals surface area contributed by atoms with Gasteiger partial charge in [-0.05, 0) is 73.7 Å². The molecule has 0 radical (unpaired) electrons. The minimum Gasteiger partial charge on any atom is -0.488 e. The molecule has 3 aromatic rings. The Bertz CT molecular complexity index is 1670. The Kier molecular flexibility index (Phi) is 10.3. The Hall–Kier alpha value is -2.87. The molecule has 0 unspecified atom stereocenters. The second kappa shape index (κ2) is 13.4. The number of fused-ring (bicyclic) bond motifs is 1. The summed E-state index contributed by atoms with van der Waals surface area (Å²) in [4.78, 5) is 15.1.